The van der Waals surface area contributed by atoms with Crippen molar-refractivity contribution in [2.75, 3.05) is 0 Å². The van der Waals surface area contributed by atoms with Gasteiger partial charge in [0, 0.05) is 0 Å². The SMILES string of the molecule is OB(O)c1ccc(OCc2ccccc2)cc1C1CC1. The van der Waals surface area contributed by atoms with Gasteiger partial charge in [0.15, 0.2) is 0 Å². The van der Waals surface area contributed by atoms with E-state index in [1.165, 1.54) is 0 Å². The molecule has 0 heterocycles. The molecule has 0 amide bonds. The van der Waals surface area contributed by atoms with Crippen LogP contribution in [0.4, 0.5) is 0 Å². The second kappa shape index (κ2) is 5.69. The Kier molecular flexibility index (Phi) is 3.76. The average molecular weight is 268 g/mol. The lowest BCUT2D eigenvalue weighted by atomic mass is 9.76. The van der Waals surface area contributed by atoms with Gasteiger partial charge in [0.25, 0.3) is 0 Å². The largest absolute Gasteiger partial charge is 0.489 e. The van der Waals surface area contributed by atoms with Crippen LogP contribution in [0.1, 0.15) is 29.9 Å². The highest BCUT2D eigenvalue weighted by Crippen LogP contribution is 2.40. The van der Waals surface area contributed by atoms with Crippen molar-refractivity contribution in [1.29, 1.82) is 0 Å². The molecule has 2 aromatic carbocycles. The predicted octanol–water partition coefficient (Wildman–Crippen LogP) is 1.82. The first-order chi connectivity index (χ1) is 9.74. The Morgan fingerprint density at radius 2 is 1.80 bits per heavy atom. The molecule has 0 aliphatic heterocycles. The van der Waals surface area contributed by atoms with Crippen molar-refractivity contribution < 1.29 is 14.8 Å². The van der Waals surface area contributed by atoms with Gasteiger partial charge in [-0.2, -0.15) is 0 Å². The molecule has 1 fully saturated rings. The Balaban J connectivity index is 1.75. The molecule has 3 rings (SSSR count). The quantitative estimate of drug-likeness (QED) is 0.813. The summed E-state index contributed by atoms with van der Waals surface area (Å²) in [6.07, 6.45) is 2.23. The summed E-state index contributed by atoms with van der Waals surface area (Å²) in [5.41, 5.74) is 2.72. The van der Waals surface area contributed by atoms with Gasteiger partial charge in [-0.05, 0) is 47.5 Å². The predicted molar refractivity (Wildman–Crippen MR) is 79.0 cm³/mol. The fourth-order valence-electron chi connectivity index (χ4n) is 2.37. The van der Waals surface area contributed by atoms with Crippen molar-refractivity contribution in [2.24, 2.45) is 0 Å². The van der Waals surface area contributed by atoms with E-state index in [9.17, 15) is 10.0 Å². The van der Waals surface area contributed by atoms with E-state index in [0.29, 0.717) is 18.0 Å². The second-order valence-corrected chi connectivity index (χ2v) is 5.21. The fraction of sp³-hybridized carbons (Fsp3) is 0.250. The zero-order chi connectivity index (χ0) is 13.9. The molecule has 0 bridgehead atoms. The molecular formula is C16H17BO3. The van der Waals surface area contributed by atoms with E-state index >= 15 is 0 Å². The molecule has 0 atom stereocenters. The summed E-state index contributed by atoms with van der Waals surface area (Å²) in [6, 6.07) is 15.5. The fourth-order valence-corrected chi connectivity index (χ4v) is 2.37. The van der Waals surface area contributed by atoms with Crippen molar-refractivity contribution >= 4 is 12.6 Å². The van der Waals surface area contributed by atoms with Crippen molar-refractivity contribution in [3.05, 3.63) is 59.7 Å². The van der Waals surface area contributed by atoms with Crippen LogP contribution >= 0.6 is 0 Å². The molecule has 4 heteroatoms. The molecule has 3 nitrogen and oxygen atoms in total. The van der Waals surface area contributed by atoms with Gasteiger partial charge in [-0.25, -0.2) is 0 Å². The van der Waals surface area contributed by atoms with E-state index in [0.717, 1.165) is 29.7 Å². The van der Waals surface area contributed by atoms with E-state index in [1.807, 2.05) is 36.4 Å². The summed E-state index contributed by atoms with van der Waals surface area (Å²) >= 11 is 0. The summed E-state index contributed by atoms with van der Waals surface area (Å²) in [6.45, 7) is 0.520. The van der Waals surface area contributed by atoms with Crippen molar-refractivity contribution in [1.82, 2.24) is 0 Å². The molecular weight excluding hydrogens is 251 g/mol. The monoisotopic (exact) mass is 268 g/mol. The van der Waals surface area contributed by atoms with E-state index in [1.54, 1.807) is 12.1 Å². The molecule has 0 saturated heterocycles. The molecule has 1 saturated carbocycles. The third-order valence-corrected chi connectivity index (χ3v) is 3.60. The van der Waals surface area contributed by atoms with Crippen LogP contribution < -0.4 is 10.2 Å². The van der Waals surface area contributed by atoms with E-state index in [2.05, 4.69) is 0 Å². The highest BCUT2D eigenvalue weighted by Gasteiger charge is 2.29. The van der Waals surface area contributed by atoms with Gasteiger partial charge in [0.05, 0.1) is 0 Å². The van der Waals surface area contributed by atoms with Gasteiger partial charge in [-0.1, -0.05) is 36.4 Å². The minimum Gasteiger partial charge on any atom is -0.489 e. The van der Waals surface area contributed by atoms with Gasteiger partial charge >= 0.3 is 7.12 Å². The Morgan fingerprint density at radius 1 is 1.05 bits per heavy atom. The average Bonchev–Trinajstić information content (AvgIpc) is 3.30. The molecule has 0 spiro atoms. The number of hydrogen-bond acceptors (Lipinski definition) is 3. The maximum absolute atomic E-state index is 9.39. The minimum absolute atomic E-state index is 0.451. The smallest absolute Gasteiger partial charge is 0.488 e. The van der Waals surface area contributed by atoms with Crippen molar-refractivity contribution in [2.45, 2.75) is 25.4 Å². The highest BCUT2D eigenvalue weighted by atomic mass is 16.5. The van der Waals surface area contributed by atoms with Crippen LogP contribution in [0.25, 0.3) is 0 Å². The zero-order valence-corrected chi connectivity index (χ0v) is 11.2. The van der Waals surface area contributed by atoms with E-state index in [4.69, 9.17) is 4.74 Å². The molecule has 20 heavy (non-hydrogen) atoms. The standard InChI is InChI=1S/C16H17BO3/c18-17(19)16-9-8-14(10-15(16)13-6-7-13)20-11-12-4-2-1-3-5-12/h1-5,8-10,13,18-19H,6-7,11H2. The van der Waals surface area contributed by atoms with Crippen LogP contribution in [0.15, 0.2) is 48.5 Å². The topological polar surface area (TPSA) is 49.7 Å². The molecule has 1 aliphatic carbocycles. The van der Waals surface area contributed by atoms with Gasteiger partial charge in [-0.15, -0.1) is 0 Å². The molecule has 0 unspecified atom stereocenters. The Bertz CT molecular complexity index is 580. The van der Waals surface area contributed by atoms with Gasteiger partial charge in [0.1, 0.15) is 12.4 Å². The third kappa shape index (κ3) is 3.03. The first-order valence-electron chi connectivity index (χ1n) is 6.91. The molecule has 0 aromatic heterocycles. The molecule has 2 aromatic rings. The Labute approximate surface area is 119 Å². The Hall–Kier alpha value is -1.78. The minimum atomic E-state index is -1.41. The molecule has 1 aliphatic rings. The van der Waals surface area contributed by atoms with Gasteiger partial charge in [0.2, 0.25) is 0 Å². The van der Waals surface area contributed by atoms with Crippen LogP contribution in [0.2, 0.25) is 0 Å². The first kappa shape index (κ1) is 13.2. The summed E-state index contributed by atoms with van der Waals surface area (Å²) < 4.78 is 5.78. The summed E-state index contributed by atoms with van der Waals surface area (Å²) in [7, 11) is -1.41. The van der Waals surface area contributed by atoms with E-state index in [-0.39, 0.29) is 0 Å². The number of ether oxygens (including phenoxy) is 1. The van der Waals surface area contributed by atoms with Crippen LogP contribution in [0, 0.1) is 0 Å². The second-order valence-electron chi connectivity index (χ2n) is 5.21. The van der Waals surface area contributed by atoms with Crippen LogP contribution in [-0.2, 0) is 6.61 Å². The third-order valence-electron chi connectivity index (χ3n) is 3.60. The summed E-state index contributed by atoms with van der Waals surface area (Å²) in [4.78, 5) is 0. The lowest BCUT2D eigenvalue weighted by molar-refractivity contribution is 0.306. The number of benzene rings is 2. The van der Waals surface area contributed by atoms with Crippen LogP contribution in [-0.4, -0.2) is 17.2 Å². The normalized spacial score (nSPS) is 14.1. The lowest BCUT2D eigenvalue weighted by Crippen LogP contribution is -2.32. The summed E-state index contributed by atoms with van der Waals surface area (Å²) in [5, 5.41) is 18.8. The molecule has 2 N–H and O–H groups in total. The number of hydrogen-bond donors (Lipinski definition) is 2. The molecule has 102 valence electrons. The lowest BCUT2D eigenvalue weighted by Gasteiger charge is -2.12. The zero-order valence-electron chi connectivity index (χ0n) is 11.2. The molecule has 0 radical (unpaired) electrons. The van der Waals surface area contributed by atoms with Crippen LogP contribution in [0.3, 0.4) is 0 Å². The Morgan fingerprint density at radius 3 is 2.45 bits per heavy atom. The maximum atomic E-state index is 9.39. The van der Waals surface area contributed by atoms with Gasteiger partial charge in [-0.3, -0.25) is 0 Å². The van der Waals surface area contributed by atoms with Crippen LogP contribution in [0.5, 0.6) is 5.75 Å². The van der Waals surface area contributed by atoms with Crippen molar-refractivity contribution in [3.63, 3.8) is 0 Å². The summed E-state index contributed by atoms with van der Waals surface area (Å²) in [5.74, 6) is 1.23. The van der Waals surface area contributed by atoms with Crippen molar-refractivity contribution in [3.8, 4) is 5.75 Å². The highest BCUT2D eigenvalue weighted by molar-refractivity contribution is 6.59. The maximum Gasteiger partial charge on any atom is 0.488 e. The van der Waals surface area contributed by atoms with Gasteiger partial charge < -0.3 is 14.8 Å². The first-order valence-corrected chi connectivity index (χ1v) is 6.91. The number of rotatable bonds is 5. The van der Waals surface area contributed by atoms with E-state index < -0.39 is 7.12 Å².